The second-order valence-corrected chi connectivity index (χ2v) is 7.84. The van der Waals surface area contributed by atoms with Crippen LogP contribution in [0.4, 0.5) is 0 Å². The second-order valence-electron chi connectivity index (χ2n) is 7.44. The summed E-state index contributed by atoms with van der Waals surface area (Å²) in [7, 11) is 2.13. The van der Waals surface area contributed by atoms with Gasteiger partial charge in [0.05, 0.1) is 0 Å². The molecule has 1 heterocycles. The molecule has 2 atom stereocenters. The maximum absolute atomic E-state index is 6.07. The van der Waals surface area contributed by atoms with Crippen molar-refractivity contribution in [1.29, 1.82) is 0 Å². The van der Waals surface area contributed by atoms with Gasteiger partial charge in [0.15, 0.2) is 0 Å². The van der Waals surface area contributed by atoms with Crippen LogP contribution in [0.1, 0.15) is 52.5 Å². The summed E-state index contributed by atoms with van der Waals surface area (Å²) in [5.74, 6) is 0. The van der Waals surface area contributed by atoms with Crippen LogP contribution in [0.15, 0.2) is 60.8 Å². The minimum absolute atomic E-state index is 0.208. The fourth-order valence-corrected chi connectivity index (χ4v) is 3.17. The highest BCUT2D eigenvalue weighted by atomic mass is 35.5. The summed E-state index contributed by atoms with van der Waals surface area (Å²) in [5.41, 5.74) is 8.43. The van der Waals surface area contributed by atoms with Crippen molar-refractivity contribution in [3.05, 3.63) is 71.4 Å². The summed E-state index contributed by atoms with van der Waals surface area (Å²) in [4.78, 5) is 4.73. The highest BCUT2D eigenvalue weighted by molar-refractivity contribution is 6.31. The fraction of sp³-hybridized carbons (Fsp3) is 0.538. The average molecular weight is 434 g/mol. The third-order valence-electron chi connectivity index (χ3n) is 5.05. The molecule has 3 nitrogen and oxygen atoms in total. The van der Waals surface area contributed by atoms with E-state index < -0.39 is 0 Å². The van der Waals surface area contributed by atoms with Crippen LogP contribution in [-0.4, -0.2) is 48.6 Å². The average Bonchev–Trinajstić information content (AvgIpc) is 2.89. The van der Waals surface area contributed by atoms with Gasteiger partial charge in [-0.2, -0.15) is 0 Å². The Hall–Kier alpha value is -1.55. The Balaban J connectivity index is 0.000000696. The van der Waals surface area contributed by atoms with Crippen LogP contribution in [0, 0.1) is 6.92 Å². The predicted octanol–water partition coefficient (Wildman–Crippen LogP) is 6.44. The lowest BCUT2D eigenvalue weighted by molar-refractivity contribution is 0.256. The molecule has 1 aromatic carbocycles. The quantitative estimate of drug-likeness (QED) is 0.502. The molecule has 0 saturated heterocycles. The Morgan fingerprint density at radius 1 is 1.27 bits per heavy atom. The van der Waals surface area contributed by atoms with Crippen LogP contribution in [0.25, 0.3) is 0 Å². The number of unbranched alkanes of at least 4 members (excludes halogenated alkanes) is 1. The molecule has 2 rings (SSSR count). The third kappa shape index (κ3) is 11.6. The van der Waals surface area contributed by atoms with Crippen LogP contribution < -0.4 is 5.73 Å². The van der Waals surface area contributed by atoms with E-state index >= 15 is 0 Å². The Morgan fingerprint density at radius 2 is 1.93 bits per heavy atom. The standard InChI is InChI=1S/C17H31N3.C7H7Cl.C2H6/c1-5-7-9-16(18)10-8-11-20-13-12-19(4)17(6-2)14-15(20)3;1-6-4-2-3-5-7(6)8;1-2/h6,8,10,14-16H,2,5,7,9,11-13,18H2,1,3-4H3;2-5H,1H3;1-2H3/b10-8+;;. The molecule has 170 valence electrons. The molecular formula is C26H44ClN3. The Morgan fingerprint density at radius 3 is 2.47 bits per heavy atom. The lowest BCUT2D eigenvalue weighted by atomic mass is 10.1. The molecule has 0 aromatic heterocycles. The van der Waals surface area contributed by atoms with Crippen molar-refractivity contribution in [2.45, 2.75) is 66.0 Å². The Bertz CT molecular complexity index is 618. The molecule has 2 N–H and O–H groups in total. The Labute approximate surface area is 191 Å². The molecular weight excluding hydrogens is 390 g/mol. The summed E-state index contributed by atoms with van der Waals surface area (Å²) < 4.78 is 0. The maximum atomic E-state index is 6.07. The van der Waals surface area contributed by atoms with E-state index in [-0.39, 0.29) is 6.04 Å². The summed E-state index contributed by atoms with van der Waals surface area (Å²) in [6, 6.07) is 8.42. The van der Waals surface area contributed by atoms with Gasteiger partial charge in [0.2, 0.25) is 0 Å². The van der Waals surface area contributed by atoms with E-state index in [9.17, 15) is 0 Å². The van der Waals surface area contributed by atoms with E-state index in [2.05, 4.69) is 55.5 Å². The zero-order chi connectivity index (χ0) is 22.9. The predicted molar refractivity (Wildman–Crippen MR) is 136 cm³/mol. The van der Waals surface area contributed by atoms with E-state index in [0.717, 1.165) is 36.6 Å². The number of nitrogens with two attached hydrogens (primary N) is 1. The number of hydrogen-bond donors (Lipinski definition) is 1. The van der Waals surface area contributed by atoms with E-state index in [1.807, 2.05) is 51.1 Å². The first-order valence-corrected chi connectivity index (χ1v) is 11.7. The van der Waals surface area contributed by atoms with Crippen LogP contribution >= 0.6 is 11.6 Å². The van der Waals surface area contributed by atoms with Gasteiger partial charge in [0.25, 0.3) is 0 Å². The number of halogens is 1. The number of benzene rings is 1. The molecule has 0 bridgehead atoms. The SMILES string of the molecule is C=CC1=CC(C)N(C/C=C/C(N)CCCC)CCN1C.CC.Cc1ccccc1Cl. The van der Waals surface area contributed by atoms with Gasteiger partial charge < -0.3 is 10.6 Å². The zero-order valence-corrected chi connectivity index (χ0v) is 20.8. The molecule has 1 aromatic rings. The molecule has 0 saturated carbocycles. The molecule has 0 radical (unpaired) electrons. The summed E-state index contributed by atoms with van der Waals surface area (Å²) in [6.07, 6.45) is 12.1. The number of nitrogens with zero attached hydrogens (tertiary/aromatic N) is 2. The van der Waals surface area contributed by atoms with Crippen molar-refractivity contribution in [1.82, 2.24) is 9.80 Å². The molecule has 2 unspecified atom stereocenters. The first-order valence-electron chi connectivity index (χ1n) is 11.3. The van der Waals surface area contributed by atoms with Gasteiger partial charge >= 0.3 is 0 Å². The normalized spacial score (nSPS) is 17.8. The van der Waals surface area contributed by atoms with Gasteiger partial charge in [-0.25, -0.2) is 0 Å². The van der Waals surface area contributed by atoms with E-state index in [1.165, 1.54) is 18.5 Å². The number of hydrogen-bond acceptors (Lipinski definition) is 3. The van der Waals surface area contributed by atoms with Crippen LogP contribution in [-0.2, 0) is 0 Å². The summed E-state index contributed by atoms with van der Waals surface area (Å²) >= 11 is 5.71. The molecule has 1 aliphatic rings. The largest absolute Gasteiger partial charge is 0.374 e. The van der Waals surface area contributed by atoms with Gasteiger partial charge in [-0.05, 0) is 44.1 Å². The molecule has 0 amide bonds. The van der Waals surface area contributed by atoms with Crippen molar-refractivity contribution in [3.63, 3.8) is 0 Å². The summed E-state index contributed by atoms with van der Waals surface area (Å²) in [6.45, 7) is 17.4. The van der Waals surface area contributed by atoms with Gasteiger partial charge in [0.1, 0.15) is 0 Å². The smallest absolute Gasteiger partial charge is 0.0435 e. The van der Waals surface area contributed by atoms with Crippen LogP contribution in [0.3, 0.4) is 0 Å². The maximum Gasteiger partial charge on any atom is 0.0435 e. The highest BCUT2D eigenvalue weighted by Gasteiger charge is 2.16. The van der Waals surface area contributed by atoms with Gasteiger partial charge in [-0.3, -0.25) is 4.90 Å². The number of aryl methyl sites for hydroxylation is 1. The summed E-state index contributed by atoms with van der Waals surface area (Å²) in [5, 5.41) is 0.840. The van der Waals surface area contributed by atoms with Crippen LogP contribution in [0.5, 0.6) is 0 Å². The molecule has 0 fully saturated rings. The van der Waals surface area contributed by atoms with Crippen molar-refractivity contribution in [2.75, 3.05) is 26.7 Å². The van der Waals surface area contributed by atoms with E-state index in [4.69, 9.17) is 17.3 Å². The van der Waals surface area contributed by atoms with Crippen molar-refractivity contribution < 1.29 is 0 Å². The number of allylic oxidation sites excluding steroid dienone is 1. The fourth-order valence-electron chi connectivity index (χ4n) is 3.03. The van der Waals surface area contributed by atoms with Crippen LogP contribution in [0.2, 0.25) is 5.02 Å². The van der Waals surface area contributed by atoms with E-state index in [0.29, 0.717) is 6.04 Å². The van der Waals surface area contributed by atoms with Gasteiger partial charge in [-0.15, -0.1) is 0 Å². The molecule has 30 heavy (non-hydrogen) atoms. The minimum atomic E-state index is 0.208. The van der Waals surface area contributed by atoms with Gasteiger partial charge in [0, 0.05) is 49.5 Å². The number of rotatable bonds is 7. The van der Waals surface area contributed by atoms with Crippen molar-refractivity contribution in [2.24, 2.45) is 5.73 Å². The Kier molecular flexibility index (Phi) is 16.3. The van der Waals surface area contributed by atoms with Crippen molar-refractivity contribution >= 4 is 11.6 Å². The second kappa shape index (κ2) is 17.2. The topological polar surface area (TPSA) is 32.5 Å². The van der Waals surface area contributed by atoms with Gasteiger partial charge in [-0.1, -0.05) is 82.1 Å². The lowest BCUT2D eigenvalue weighted by Gasteiger charge is -2.24. The number of likely N-dealkylation sites (N-methyl/N-ethyl adjacent to an activating group) is 1. The van der Waals surface area contributed by atoms with E-state index in [1.54, 1.807) is 0 Å². The minimum Gasteiger partial charge on any atom is -0.374 e. The monoisotopic (exact) mass is 433 g/mol. The first kappa shape index (κ1) is 28.5. The van der Waals surface area contributed by atoms with Crippen molar-refractivity contribution in [3.8, 4) is 0 Å². The lowest BCUT2D eigenvalue weighted by Crippen LogP contribution is -2.35. The highest BCUT2D eigenvalue weighted by Crippen LogP contribution is 2.14. The molecule has 0 aliphatic carbocycles. The molecule has 4 heteroatoms. The molecule has 0 spiro atoms. The molecule has 1 aliphatic heterocycles. The third-order valence-corrected chi connectivity index (χ3v) is 5.48. The first-order chi connectivity index (χ1) is 14.4. The zero-order valence-electron chi connectivity index (χ0n) is 20.1.